The number of benzene rings is 4. The average Bonchev–Trinajstić information content (AvgIpc) is 3.04. The van der Waals surface area contributed by atoms with Crippen LogP contribution in [0.5, 0.6) is 11.5 Å². The van der Waals surface area contributed by atoms with Crippen molar-refractivity contribution in [3.05, 3.63) is 112 Å². The molecule has 256 valence electrons. The summed E-state index contributed by atoms with van der Waals surface area (Å²) in [5, 5.41) is 9.97. The second kappa shape index (κ2) is 14.7. The van der Waals surface area contributed by atoms with Gasteiger partial charge in [0, 0.05) is 13.1 Å². The Balaban J connectivity index is 1.74. The van der Waals surface area contributed by atoms with Crippen molar-refractivity contribution in [2.45, 2.75) is 43.4 Å². The number of hydrogen-bond donors (Lipinski definition) is 3. The van der Waals surface area contributed by atoms with Crippen molar-refractivity contribution in [3.8, 4) is 22.6 Å². The summed E-state index contributed by atoms with van der Waals surface area (Å²) >= 11 is 6.04. The van der Waals surface area contributed by atoms with Crippen LogP contribution in [0, 0.1) is 0 Å². The van der Waals surface area contributed by atoms with E-state index >= 15 is 0 Å². The van der Waals surface area contributed by atoms with E-state index in [-0.39, 0.29) is 40.6 Å². The van der Waals surface area contributed by atoms with Crippen LogP contribution in [0.4, 0.5) is 8.78 Å². The normalized spacial score (nSPS) is 12.3. The van der Waals surface area contributed by atoms with E-state index in [4.69, 9.17) is 30.9 Å². The van der Waals surface area contributed by atoms with Gasteiger partial charge >= 0.3 is 19.2 Å². The molecule has 0 amide bonds. The second-order valence-electron chi connectivity index (χ2n) is 10.8. The van der Waals surface area contributed by atoms with E-state index in [1.54, 1.807) is 36.4 Å². The third-order valence-corrected chi connectivity index (χ3v) is 10.6. The van der Waals surface area contributed by atoms with Crippen molar-refractivity contribution < 1.29 is 50.9 Å². The highest BCUT2D eigenvalue weighted by Crippen LogP contribution is 2.60. The Kier molecular flexibility index (Phi) is 11.4. The molecule has 0 unspecified atom stereocenters. The maximum Gasteiger partial charge on any atom is 0.399 e. The summed E-state index contributed by atoms with van der Waals surface area (Å²) in [7, 11) is -7.67. The first-order chi connectivity index (χ1) is 22.5. The molecule has 0 aliphatic carbocycles. The summed E-state index contributed by atoms with van der Waals surface area (Å²) < 4.78 is 79.5. The minimum atomic E-state index is -5.90. The molecule has 15 heteroatoms. The van der Waals surface area contributed by atoms with Crippen LogP contribution in [0.2, 0.25) is 5.02 Å². The van der Waals surface area contributed by atoms with Gasteiger partial charge in [-0.1, -0.05) is 73.5 Å². The maximum absolute atomic E-state index is 14.4. The molecule has 0 aromatic heterocycles. The first-order valence-corrected chi connectivity index (χ1v) is 17.9. The molecule has 3 N–H and O–H groups in total. The molecule has 48 heavy (non-hydrogen) atoms. The number of halogens is 3. The molecule has 0 heterocycles. The Labute approximate surface area is 281 Å². The number of ether oxygens (including phenoxy) is 2. The van der Waals surface area contributed by atoms with Crippen LogP contribution in [0.3, 0.4) is 0 Å². The largest absolute Gasteiger partial charge is 0.507 e. The smallest absolute Gasteiger partial charge is 0.399 e. The third-order valence-electron chi connectivity index (χ3n) is 7.53. The quantitative estimate of drug-likeness (QED) is 0.0971. The molecule has 0 spiro atoms. The molecule has 0 atom stereocenters. The van der Waals surface area contributed by atoms with Gasteiger partial charge in [-0.05, 0) is 64.6 Å². The van der Waals surface area contributed by atoms with E-state index in [1.807, 2.05) is 6.92 Å². The summed E-state index contributed by atoms with van der Waals surface area (Å²) in [6.07, 6.45) is 1.23. The minimum Gasteiger partial charge on any atom is -0.507 e. The number of hydrogen-bond acceptors (Lipinski definition) is 7. The SMILES string of the molecule is CCCc1cc(-c2ccc(CN(Cc3ccc(C(F)(F)P(=O)(O)O)c(Cl)c3)S(=O)(=O)c3ccccc3OC)cc2)cc(C(=O)OC)c1O. The van der Waals surface area contributed by atoms with Gasteiger partial charge in [0.1, 0.15) is 22.0 Å². The Bertz CT molecular complexity index is 1970. The molecular formula is C33H33ClF2NO9PS. The number of aromatic hydroxyl groups is 1. The number of nitrogens with zero attached hydrogens (tertiary/aromatic N) is 1. The third kappa shape index (κ3) is 7.72. The summed E-state index contributed by atoms with van der Waals surface area (Å²) in [6, 6.07) is 19.0. The number of phenolic OH excluding ortho intramolecular Hbond substituents is 1. The fourth-order valence-corrected chi connectivity index (χ4v) is 7.52. The number of aryl methyl sites for hydroxylation is 1. The lowest BCUT2D eigenvalue weighted by molar-refractivity contribution is 0.0565. The van der Waals surface area contributed by atoms with Crippen molar-refractivity contribution in [3.63, 3.8) is 0 Å². The van der Waals surface area contributed by atoms with Gasteiger partial charge in [0.25, 0.3) is 0 Å². The van der Waals surface area contributed by atoms with Crippen LogP contribution < -0.4 is 4.74 Å². The van der Waals surface area contributed by atoms with Crippen LogP contribution >= 0.6 is 19.2 Å². The van der Waals surface area contributed by atoms with E-state index in [1.165, 1.54) is 38.5 Å². The van der Waals surface area contributed by atoms with Crippen molar-refractivity contribution >= 4 is 35.2 Å². The number of carbonyl (C=O) groups excluding carboxylic acids is 1. The lowest BCUT2D eigenvalue weighted by Gasteiger charge is -2.24. The fourth-order valence-electron chi connectivity index (χ4n) is 5.05. The fraction of sp³-hybridized carbons (Fsp3) is 0.242. The van der Waals surface area contributed by atoms with Crippen molar-refractivity contribution in [1.29, 1.82) is 0 Å². The maximum atomic E-state index is 14.4. The van der Waals surface area contributed by atoms with Gasteiger partial charge in [0.15, 0.2) is 0 Å². The van der Waals surface area contributed by atoms with E-state index < -0.39 is 39.8 Å². The molecule has 0 aliphatic heterocycles. The monoisotopic (exact) mass is 723 g/mol. The molecule has 0 saturated heterocycles. The lowest BCUT2D eigenvalue weighted by Crippen LogP contribution is -2.30. The number of alkyl halides is 2. The van der Waals surface area contributed by atoms with Crippen molar-refractivity contribution in [1.82, 2.24) is 4.31 Å². The molecule has 4 aromatic carbocycles. The lowest BCUT2D eigenvalue weighted by atomic mass is 9.96. The van der Waals surface area contributed by atoms with Crippen LogP contribution in [0.15, 0.2) is 83.8 Å². The molecule has 4 rings (SSSR count). The van der Waals surface area contributed by atoms with Gasteiger partial charge < -0.3 is 24.4 Å². The Morgan fingerprint density at radius 3 is 2.15 bits per heavy atom. The molecule has 0 aliphatic rings. The Morgan fingerprint density at radius 2 is 1.56 bits per heavy atom. The summed E-state index contributed by atoms with van der Waals surface area (Å²) in [6.45, 7) is 1.39. The zero-order chi connectivity index (χ0) is 35.4. The van der Waals surface area contributed by atoms with Gasteiger partial charge in [0.2, 0.25) is 10.0 Å². The molecule has 0 fully saturated rings. The number of rotatable bonds is 13. The number of para-hydroxylation sites is 1. The highest BCUT2D eigenvalue weighted by atomic mass is 35.5. The van der Waals surface area contributed by atoms with E-state index in [9.17, 15) is 31.7 Å². The van der Waals surface area contributed by atoms with Gasteiger partial charge in [-0.2, -0.15) is 13.1 Å². The van der Waals surface area contributed by atoms with E-state index in [0.29, 0.717) is 35.1 Å². The number of carbonyl (C=O) groups is 1. The molecule has 0 saturated carbocycles. The van der Waals surface area contributed by atoms with Gasteiger partial charge in [0.05, 0.1) is 24.8 Å². The standard InChI is InChI=1S/C33H33ClF2NO9PS/c1-4-7-24-17-25(18-26(31(24)38)32(39)46-3)23-13-10-21(11-14-23)19-37(48(43,44)30-9-6-5-8-29(30)45-2)20-22-12-15-27(28(34)16-22)33(35,36)47(40,41)42/h5-6,8-18,38H,4,7,19-20H2,1-3H3,(H2,40,41,42). The second-order valence-corrected chi connectivity index (χ2v) is 14.8. The van der Waals surface area contributed by atoms with Crippen LogP contribution in [0.25, 0.3) is 11.1 Å². The van der Waals surface area contributed by atoms with Crippen LogP contribution in [-0.4, -0.2) is 47.8 Å². The van der Waals surface area contributed by atoms with Crippen LogP contribution in [-0.2, 0) is 44.5 Å². The van der Waals surface area contributed by atoms with E-state index in [2.05, 4.69) is 0 Å². The van der Waals surface area contributed by atoms with Crippen LogP contribution in [0.1, 0.15) is 46.0 Å². The molecule has 0 bridgehead atoms. The number of sulfonamides is 1. The van der Waals surface area contributed by atoms with Gasteiger partial charge in [-0.25, -0.2) is 13.2 Å². The predicted molar refractivity (Wildman–Crippen MR) is 176 cm³/mol. The Morgan fingerprint density at radius 1 is 0.938 bits per heavy atom. The zero-order valence-electron chi connectivity index (χ0n) is 26.1. The number of methoxy groups -OCH3 is 2. The first-order valence-electron chi connectivity index (χ1n) is 14.4. The van der Waals surface area contributed by atoms with Gasteiger partial charge in [-0.3, -0.25) is 4.57 Å². The highest BCUT2D eigenvalue weighted by molar-refractivity contribution is 7.89. The van der Waals surface area contributed by atoms with Gasteiger partial charge in [-0.15, -0.1) is 0 Å². The summed E-state index contributed by atoms with van der Waals surface area (Å²) in [5.41, 5.74) is -3.06. The molecular weight excluding hydrogens is 691 g/mol. The Hall–Kier alpha value is -3.84. The average molecular weight is 724 g/mol. The summed E-state index contributed by atoms with van der Waals surface area (Å²) in [5.74, 6) is -0.775. The molecule has 4 aromatic rings. The summed E-state index contributed by atoms with van der Waals surface area (Å²) in [4.78, 5) is 30.5. The zero-order valence-corrected chi connectivity index (χ0v) is 28.5. The van der Waals surface area contributed by atoms with Crippen molar-refractivity contribution in [2.24, 2.45) is 0 Å². The van der Waals surface area contributed by atoms with Crippen molar-refractivity contribution in [2.75, 3.05) is 14.2 Å². The number of esters is 1. The molecule has 0 radical (unpaired) electrons. The molecule has 10 nitrogen and oxygen atoms in total. The first kappa shape index (κ1) is 37.0. The predicted octanol–water partition coefficient (Wildman–Crippen LogP) is 7.08. The highest BCUT2D eigenvalue weighted by Gasteiger charge is 2.51. The van der Waals surface area contributed by atoms with E-state index in [0.717, 1.165) is 22.5 Å². The minimum absolute atomic E-state index is 0.0137. The number of phenols is 1. The topological polar surface area (TPSA) is 151 Å².